The molecule has 3 rings (SSSR count). The third kappa shape index (κ3) is 3.71. The van der Waals surface area contributed by atoms with Crippen molar-refractivity contribution in [3.8, 4) is 0 Å². The second-order valence-electron chi connectivity index (χ2n) is 6.55. The highest BCUT2D eigenvalue weighted by molar-refractivity contribution is 5.99. The van der Waals surface area contributed by atoms with Crippen LogP contribution in [0.2, 0.25) is 0 Å². The lowest BCUT2D eigenvalue weighted by Gasteiger charge is -2.34. The summed E-state index contributed by atoms with van der Waals surface area (Å²) in [5.74, 6) is -1.07. The van der Waals surface area contributed by atoms with Gasteiger partial charge in [-0.25, -0.2) is 0 Å². The number of carbonyl (C=O) groups is 3. The van der Waals surface area contributed by atoms with Crippen LogP contribution in [0.15, 0.2) is 30.5 Å². The second kappa shape index (κ2) is 7.59. The van der Waals surface area contributed by atoms with E-state index in [1.807, 2.05) is 19.1 Å². The van der Waals surface area contributed by atoms with Gasteiger partial charge in [-0.3, -0.25) is 14.4 Å². The fraction of sp³-hybridized carbons (Fsp3) is 0.421. The van der Waals surface area contributed by atoms with Gasteiger partial charge < -0.3 is 19.9 Å². The Morgan fingerprint density at radius 2 is 2.04 bits per heavy atom. The molecule has 7 nitrogen and oxygen atoms in total. The van der Waals surface area contributed by atoms with Crippen LogP contribution in [0.4, 0.5) is 5.69 Å². The summed E-state index contributed by atoms with van der Waals surface area (Å²) in [7, 11) is 0. The van der Waals surface area contributed by atoms with Crippen molar-refractivity contribution in [3.63, 3.8) is 0 Å². The molecule has 26 heavy (non-hydrogen) atoms. The molecule has 0 radical (unpaired) electrons. The van der Waals surface area contributed by atoms with Crippen molar-refractivity contribution in [1.29, 1.82) is 0 Å². The van der Waals surface area contributed by atoms with Gasteiger partial charge in [0.05, 0.1) is 0 Å². The van der Waals surface area contributed by atoms with Crippen LogP contribution in [0.3, 0.4) is 0 Å². The molecule has 0 bridgehead atoms. The predicted molar refractivity (Wildman–Crippen MR) is 97.8 cm³/mol. The van der Waals surface area contributed by atoms with Crippen LogP contribution in [0, 0.1) is 0 Å². The number of nitrogens with zero attached hydrogens (tertiary/aromatic N) is 2. The summed E-state index contributed by atoms with van der Waals surface area (Å²) in [6, 6.07) is 6.77. The van der Waals surface area contributed by atoms with Gasteiger partial charge in [-0.1, -0.05) is 6.92 Å². The molecular weight excluding hydrogens is 334 g/mol. The van der Waals surface area contributed by atoms with Gasteiger partial charge in [-0.2, -0.15) is 0 Å². The summed E-state index contributed by atoms with van der Waals surface area (Å²) in [6.45, 7) is 2.33. The summed E-state index contributed by atoms with van der Waals surface area (Å²) in [5.41, 5.74) is 1.44. The van der Waals surface area contributed by atoms with Crippen molar-refractivity contribution < 1.29 is 19.5 Å². The lowest BCUT2D eigenvalue weighted by atomic mass is 10.0. The van der Waals surface area contributed by atoms with Gasteiger partial charge in [0.15, 0.2) is 0 Å². The Kier molecular flexibility index (Phi) is 5.25. The van der Waals surface area contributed by atoms with Crippen LogP contribution in [0.25, 0.3) is 10.9 Å². The second-order valence-corrected chi connectivity index (χ2v) is 6.55. The number of piperidine rings is 1. The average Bonchev–Trinajstić information content (AvgIpc) is 3.02. The molecule has 1 aromatic carbocycles. The van der Waals surface area contributed by atoms with E-state index in [1.165, 1.54) is 0 Å². The predicted octanol–water partition coefficient (Wildman–Crippen LogP) is 2.46. The number of fused-ring (bicyclic) bond motifs is 1. The Morgan fingerprint density at radius 1 is 1.23 bits per heavy atom. The number of hydrogen-bond acceptors (Lipinski definition) is 3. The van der Waals surface area contributed by atoms with Gasteiger partial charge in [0.2, 0.25) is 11.8 Å². The SMILES string of the molecule is CCC(=O)N1CCCCC1C(=O)Nc1ccc2c(ccn2CC(=O)O)c1. The van der Waals surface area contributed by atoms with E-state index >= 15 is 0 Å². The average molecular weight is 357 g/mol. The minimum Gasteiger partial charge on any atom is -0.480 e. The van der Waals surface area contributed by atoms with E-state index in [4.69, 9.17) is 5.11 Å². The number of rotatable bonds is 5. The first-order valence-electron chi connectivity index (χ1n) is 8.90. The molecule has 2 N–H and O–H groups in total. The standard InChI is InChI=1S/C19H23N3O4/c1-2-17(23)22-9-4-3-5-16(22)19(26)20-14-6-7-15-13(11-14)8-10-21(15)12-18(24)25/h6-8,10-11,16H,2-5,9,12H2,1H3,(H,20,26)(H,24,25). The number of hydrogen-bond donors (Lipinski definition) is 2. The summed E-state index contributed by atoms with van der Waals surface area (Å²) in [6.07, 6.45) is 4.65. The third-order valence-corrected chi connectivity index (χ3v) is 4.77. The number of nitrogens with one attached hydrogen (secondary N) is 1. The molecule has 7 heteroatoms. The van der Waals surface area contributed by atoms with Gasteiger partial charge in [0, 0.05) is 35.8 Å². The molecule has 1 atom stereocenters. The van der Waals surface area contributed by atoms with E-state index in [9.17, 15) is 14.4 Å². The van der Waals surface area contributed by atoms with Crippen molar-refractivity contribution in [2.45, 2.75) is 45.2 Å². The van der Waals surface area contributed by atoms with E-state index in [0.29, 0.717) is 25.1 Å². The quantitative estimate of drug-likeness (QED) is 0.860. The Balaban J connectivity index is 1.76. The number of carboxylic acid groups (broad SMARTS) is 1. The molecule has 1 aliphatic rings. The summed E-state index contributed by atoms with van der Waals surface area (Å²) < 4.78 is 1.64. The number of aliphatic carboxylic acids is 1. The Labute approximate surface area is 151 Å². The normalized spacial score (nSPS) is 17.3. The van der Waals surface area contributed by atoms with E-state index < -0.39 is 12.0 Å². The van der Waals surface area contributed by atoms with Gasteiger partial charge >= 0.3 is 5.97 Å². The molecule has 2 amide bonds. The van der Waals surface area contributed by atoms with Crippen LogP contribution in [0.1, 0.15) is 32.6 Å². The van der Waals surface area contributed by atoms with E-state index in [1.54, 1.807) is 27.8 Å². The van der Waals surface area contributed by atoms with Crippen molar-refractivity contribution in [2.24, 2.45) is 0 Å². The summed E-state index contributed by atoms with van der Waals surface area (Å²) in [5, 5.41) is 12.7. The topological polar surface area (TPSA) is 91.6 Å². The lowest BCUT2D eigenvalue weighted by Crippen LogP contribution is -2.49. The largest absolute Gasteiger partial charge is 0.480 e. The molecular formula is C19H23N3O4. The molecule has 1 fully saturated rings. The highest BCUT2D eigenvalue weighted by Gasteiger charge is 2.31. The van der Waals surface area contributed by atoms with E-state index in [-0.39, 0.29) is 18.4 Å². The molecule has 1 aliphatic heterocycles. The third-order valence-electron chi connectivity index (χ3n) is 4.77. The Bertz CT molecular complexity index is 842. The van der Waals surface area contributed by atoms with Crippen LogP contribution >= 0.6 is 0 Å². The van der Waals surface area contributed by atoms with Crippen LogP contribution in [0.5, 0.6) is 0 Å². The van der Waals surface area contributed by atoms with E-state index in [0.717, 1.165) is 23.7 Å². The highest BCUT2D eigenvalue weighted by atomic mass is 16.4. The number of aromatic nitrogens is 1. The van der Waals surface area contributed by atoms with Gasteiger partial charge in [-0.05, 0) is 43.5 Å². The zero-order valence-corrected chi connectivity index (χ0v) is 14.8. The fourth-order valence-electron chi connectivity index (χ4n) is 3.49. The van der Waals surface area contributed by atoms with Crippen LogP contribution < -0.4 is 5.32 Å². The zero-order chi connectivity index (χ0) is 18.7. The molecule has 0 saturated carbocycles. The molecule has 1 unspecified atom stereocenters. The maximum Gasteiger partial charge on any atom is 0.323 e. The van der Waals surface area contributed by atoms with Crippen LogP contribution in [-0.2, 0) is 20.9 Å². The molecule has 0 spiro atoms. The van der Waals surface area contributed by atoms with Gasteiger partial charge in [0.25, 0.3) is 0 Å². The monoisotopic (exact) mass is 357 g/mol. The summed E-state index contributed by atoms with van der Waals surface area (Å²) in [4.78, 5) is 37.4. The zero-order valence-electron chi connectivity index (χ0n) is 14.8. The number of amides is 2. The highest BCUT2D eigenvalue weighted by Crippen LogP contribution is 2.23. The first kappa shape index (κ1) is 18.0. The number of anilines is 1. The molecule has 1 aromatic heterocycles. The lowest BCUT2D eigenvalue weighted by molar-refractivity contribution is -0.140. The van der Waals surface area contributed by atoms with Gasteiger partial charge in [0.1, 0.15) is 12.6 Å². The fourth-order valence-corrected chi connectivity index (χ4v) is 3.49. The number of likely N-dealkylation sites (tertiary alicyclic amines) is 1. The van der Waals surface area contributed by atoms with Crippen molar-refractivity contribution in [3.05, 3.63) is 30.5 Å². The number of carbonyl (C=O) groups excluding carboxylic acids is 2. The first-order chi connectivity index (χ1) is 12.5. The van der Waals surface area contributed by atoms with Crippen LogP contribution in [-0.4, -0.2) is 44.9 Å². The maximum atomic E-state index is 12.7. The number of benzene rings is 1. The first-order valence-corrected chi connectivity index (χ1v) is 8.90. The van der Waals surface area contributed by atoms with Crippen molar-refractivity contribution in [2.75, 3.05) is 11.9 Å². The molecule has 0 aliphatic carbocycles. The smallest absolute Gasteiger partial charge is 0.323 e. The van der Waals surface area contributed by atoms with Crippen molar-refractivity contribution >= 4 is 34.4 Å². The molecule has 2 heterocycles. The molecule has 138 valence electrons. The minimum atomic E-state index is -0.905. The number of carboxylic acids is 1. The van der Waals surface area contributed by atoms with Gasteiger partial charge in [-0.15, -0.1) is 0 Å². The Hall–Kier alpha value is -2.83. The maximum absolute atomic E-state index is 12.7. The molecule has 1 saturated heterocycles. The van der Waals surface area contributed by atoms with Crippen molar-refractivity contribution in [1.82, 2.24) is 9.47 Å². The minimum absolute atomic E-state index is 0.00560. The molecule has 2 aromatic rings. The van der Waals surface area contributed by atoms with E-state index in [2.05, 4.69) is 5.32 Å². The summed E-state index contributed by atoms with van der Waals surface area (Å²) >= 11 is 0. The Morgan fingerprint density at radius 3 is 2.77 bits per heavy atom.